The van der Waals surface area contributed by atoms with E-state index in [0.29, 0.717) is 0 Å². The van der Waals surface area contributed by atoms with Gasteiger partial charge in [-0.3, -0.25) is 0 Å². The zero-order chi connectivity index (χ0) is 26.3. The molecule has 0 bridgehead atoms. The molecule has 3 heteroatoms. The minimum absolute atomic E-state index is 0.474. The summed E-state index contributed by atoms with van der Waals surface area (Å²) in [6.45, 7) is 0. The number of hydrogen-bond donors (Lipinski definition) is 1. The first-order valence-electron chi connectivity index (χ1n) is 13.6. The van der Waals surface area contributed by atoms with Gasteiger partial charge in [-0.25, -0.2) is 0 Å². The van der Waals surface area contributed by atoms with Gasteiger partial charge in [0.05, 0.1) is 11.1 Å². The fourth-order valence-corrected chi connectivity index (χ4v) is 6.94. The van der Waals surface area contributed by atoms with Gasteiger partial charge >= 0.3 is 0 Å². The molecule has 0 radical (unpaired) electrons. The second-order valence-corrected chi connectivity index (χ2v) is 10.6. The Kier molecular flexibility index (Phi) is 4.26. The average Bonchev–Trinajstić information content (AvgIpc) is 3.52. The quantitative estimate of drug-likeness (QED) is 0.250. The Morgan fingerprint density at radius 1 is 0.500 bits per heavy atom. The molecular formula is C37H23NO2. The van der Waals surface area contributed by atoms with Gasteiger partial charge in [0.1, 0.15) is 16.9 Å². The molecule has 7 aromatic rings. The third kappa shape index (κ3) is 2.73. The maximum absolute atomic E-state index is 6.75. The minimum Gasteiger partial charge on any atom is -0.456 e. The molecule has 188 valence electrons. The number of furan rings is 1. The van der Waals surface area contributed by atoms with Gasteiger partial charge in [-0.1, -0.05) is 97.1 Å². The van der Waals surface area contributed by atoms with Crippen LogP contribution in [0.2, 0.25) is 0 Å². The summed E-state index contributed by atoms with van der Waals surface area (Å²) in [6.07, 6.45) is 0. The van der Waals surface area contributed by atoms with Gasteiger partial charge in [-0.05, 0) is 52.6 Å². The van der Waals surface area contributed by atoms with Crippen LogP contribution in [0.1, 0.15) is 22.3 Å². The van der Waals surface area contributed by atoms with Crippen LogP contribution >= 0.6 is 0 Å². The van der Waals surface area contributed by atoms with Gasteiger partial charge < -0.3 is 14.5 Å². The lowest BCUT2D eigenvalue weighted by molar-refractivity contribution is 0.438. The highest BCUT2D eigenvalue weighted by molar-refractivity contribution is 6.05. The monoisotopic (exact) mass is 513 g/mol. The summed E-state index contributed by atoms with van der Waals surface area (Å²) in [5.74, 6) is 1.72. The van der Waals surface area contributed by atoms with Gasteiger partial charge in [-0.15, -0.1) is 0 Å². The predicted molar refractivity (Wildman–Crippen MR) is 161 cm³/mol. The summed E-state index contributed by atoms with van der Waals surface area (Å²) in [4.78, 5) is 0. The Hall–Kier alpha value is -5.28. The first-order chi connectivity index (χ1) is 19.8. The molecule has 0 amide bonds. The van der Waals surface area contributed by atoms with Crippen LogP contribution in [0.3, 0.4) is 0 Å². The summed E-state index contributed by atoms with van der Waals surface area (Å²) in [5, 5.41) is 5.91. The van der Waals surface area contributed by atoms with E-state index in [0.717, 1.165) is 50.4 Å². The molecule has 0 saturated carbocycles. The van der Waals surface area contributed by atoms with Crippen LogP contribution in [0.5, 0.6) is 11.5 Å². The molecular weight excluding hydrogens is 490 g/mol. The Bertz CT molecular complexity index is 2090. The van der Waals surface area contributed by atoms with E-state index in [1.807, 2.05) is 18.2 Å². The van der Waals surface area contributed by atoms with Crippen LogP contribution in [0.4, 0.5) is 11.4 Å². The molecule has 6 aromatic carbocycles. The number of rotatable bonds is 2. The molecule has 1 aromatic heterocycles. The van der Waals surface area contributed by atoms with E-state index < -0.39 is 5.41 Å². The minimum atomic E-state index is -0.474. The Morgan fingerprint density at radius 3 is 1.98 bits per heavy atom. The number of ether oxygens (including phenoxy) is 1. The standard InChI is InChI=1S/C37H23NO2/c1-4-13-28-24(10-1)25-11-2-5-14-29(25)37(28)30-15-6-8-19-34(30)40-36-31(37)16-9-17-32(36)38-23-20-21-27-26-12-3-7-18-33(26)39-35(27)22-23/h1-22,38H. The van der Waals surface area contributed by atoms with Crippen LogP contribution in [0, 0.1) is 0 Å². The molecule has 40 heavy (non-hydrogen) atoms. The van der Waals surface area contributed by atoms with Gasteiger partial charge in [0.15, 0.2) is 5.75 Å². The van der Waals surface area contributed by atoms with E-state index >= 15 is 0 Å². The van der Waals surface area contributed by atoms with Crippen molar-refractivity contribution in [1.82, 2.24) is 0 Å². The maximum atomic E-state index is 6.75. The van der Waals surface area contributed by atoms with Gasteiger partial charge in [-0.2, -0.15) is 0 Å². The summed E-state index contributed by atoms with van der Waals surface area (Å²) in [6, 6.07) is 47.0. The van der Waals surface area contributed by atoms with Crippen LogP contribution in [-0.4, -0.2) is 0 Å². The summed E-state index contributed by atoms with van der Waals surface area (Å²) < 4.78 is 12.9. The van der Waals surface area contributed by atoms with Crippen molar-refractivity contribution in [3.8, 4) is 22.6 Å². The number of nitrogens with one attached hydrogen (secondary N) is 1. The van der Waals surface area contributed by atoms with Crippen LogP contribution in [0.25, 0.3) is 33.1 Å². The van der Waals surface area contributed by atoms with Crippen molar-refractivity contribution in [2.75, 3.05) is 5.32 Å². The molecule has 0 saturated heterocycles. The first kappa shape index (κ1) is 21.6. The highest BCUT2D eigenvalue weighted by atomic mass is 16.5. The molecule has 0 unspecified atom stereocenters. The molecule has 9 rings (SSSR count). The lowest BCUT2D eigenvalue weighted by atomic mass is 9.66. The zero-order valence-corrected chi connectivity index (χ0v) is 21.5. The van der Waals surface area contributed by atoms with E-state index in [1.54, 1.807) is 0 Å². The number of hydrogen-bond acceptors (Lipinski definition) is 3. The molecule has 1 aliphatic carbocycles. The smallest absolute Gasteiger partial charge is 0.155 e. The molecule has 0 atom stereocenters. The van der Waals surface area contributed by atoms with Crippen molar-refractivity contribution < 1.29 is 9.15 Å². The Morgan fingerprint density at radius 2 is 1.15 bits per heavy atom. The van der Waals surface area contributed by atoms with Gasteiger partial charge in [0, 0.05) is 33.7 Å². The first-order valence-corrected chi connectivity index (χ1v) is 13.6. The third-order valence-electron chi connectivity index (χ3n) is 8.53. The topological polar surface area (TPSA) is 34.4 Å². The lowest BCUT2D eigenvalue weighted by Crippen LogP contribution is -2.32. The fraction of sp³-hybridized carbons (Fsp3) is 0.0270. The normalized spacial score (nSPS) is 13.9. The molecule has 1 N–H and O–H groups in total. The number of fused-ring (bicyclic) bond motifs is 12. The summed E-state index contributed by atoms with van der Waals surface area (Å²) in [7, 11) is 0. The summed E-state index contributed by atoms with van der Waals surface area (Å²) >= 11 is 0. The molecule has 1 aliphatic heterocycles. The molecule has 1 spiro atoms. The van der Waals surface area contributed by atoms with E-state index in [1.165, 1.54) is 27.8 Å². The number of benzene rings is 6. The van der Waals surface area contributed by atoms with Crippen LogP contribution in [-0.2, 0) is 5.41 Å². The van der Waals surface area contributed by atoms with E-state index in [-0.39, 0.29) is 0 Å². The maximum Gasteiger partial charge on any atom is 0.155 e. The van der Waals surface area contributed by atoms with Crippen LogP contribution < -0.4 is 10.1 Å². The average molecular weight is 514 g/mol. The van der Waals surface area contributed by atoms with Crippen molar-refractivity contribution in [1.29, 1.82) is 0 Å². The SMILES string of the molecule is c1ccc2c(c1)Oc1c(Nc3ccc4c(c3)oc3ccccc34)cccc1C21c2ccccc2-c2ccccc21. The van der Waals surface area contributed by atoms with Gasteiger partial charge in [0.2, 0.25) is 0 Å². The highest BCUT2D eigenvalue weighted by Crippen LogP contribution is 2.63. The Labute approximate surface area is 231 Å². The van der Waals surface area contributed by atoms with Crippen molar-refractivity contribution >= 4 is 33.3 Å². The van der Waals surface area contributed by atoms with Crippen molar-refractivity contribution in [3.63, 3.8) is 0 Å². The van der Waals surface area contributed by atoms with Gasteiger partial charge in [0.25, 0.3) is 0 Å². The number of anilines is 2. The predicted octanol–water partition coefficient (Wildman–Crippen LogP) is 9.80. The van der Waals surface area contributed by atoms with Crippen molar-refractivity contribution in [2.24, 2.45) is 0 Å². The Balaban J connectivity index is 1.27. The largest absolute Gasteiger partial charge is 0.456 e. The lowest BCUT2D eigenvalue weighted by Gasteiger charge is -2.40. The van der Waals surface area contributed by atoms with E-state index in [2.05, 4.69) is 121 Å². The fourth-order valence-electron chi connectivity index (χ4n) is 6.94. The van der Waals surface area contributed by atoms with E-state index in [4.69, 9.17) is 9.15 Å². The summed E-state index contributed by atoms with van der Waals surface area (Å²) in [5.41, 5.74) is 10.6. The third-order valence-corrected chi connectivity index (χ3v) is 8.53. The van der Waals surface area contributed by atoms with Crippen molar-refractivity contribution in [3.05, 3.63) is 156 Å². The second-order valence-electron chi connectivity index (χ2n) is 10.6. The highest BCUT2D eigenvalue weighted by Gasteiger charge is 2.51. The van der Waals surface area contributed by atoms with E-state index in [9.17, 15) is 0 Å². The molecule has 3 nitrogen and oxygen atoms in total. The molecule has 2 aliphatic rings. The molecule has 2 heterocycles. The second kappa shape index (κ2) is 7.87. The zero-order valence-electron chi connectivity index (χ0n) is 21.5. The van der Waals surface area contributed by atoms with Crippen molar-refractivity contribution in [2.45, 2.75) is 5.41 Å². The molecule has 0 fully saturated rings. The number of para-hydroxylation sites is 3. The van der Waals surface area contributed by atoms with Crippen LogP contribution in [0.15, 0.2) is 138 Å².